The first kappa shape index (κ1) is 18.3. The zero-order chi connectivity index (χ0) is 15.7. The van der Waals surface area contributed by atoms with Gasteiger partial charge in [-0.2, -0.15) is 0 Å². The first-order chi connectivity index (χ1) is 10.1. The highest BCUT2D eigenvalue weighted by atomic mass is 15.3. The summed E-state index contributed by atoms with van der Waals surface area (Å²) in [6, 6.07) is 0.664. The molecule has 0 aliphatic carbocycles. The van der Waals surface area contributed by atoms with E-state index >= 15 is 0 Å². The van der Waals surface area contributed by atoms with Crippen LogP contribution in [0.15, 0.2) is 4.99 Å². The second-order valence-corrected chi connectivity index (χ2v) is 6.57. The van der Waals surface area contributed by atoms with Gasteiger partial charge in [0.15, 0.2) is 5.96 Å². The third-order valence-corrected chi connectivity index (χ3v) is 4.32. The molecule has 1 N–H and O–H groups in total. The largest absolute Gasteiger partial charge is 0.357 e. The van der Waals surface area contributed by atoms with Crippen molar-refractivity contribution in [3.63, 3.8) is 0 Å². The number of piperidine rings is 1. The third-order valence-electron chi connectivity index (χ3n) is 4.32. The first-order valence-corrected chi connectivity index (χ1v) is 8.81. The molecule has 1 saturated heterocycles. The van der Waals surface area contributed by atoms with Crippen LogP contribution in [-0.4, -0.2) is 61.6 Å². The van der Waals surface area contributed by atoms with Crippen LogP contribution in [0.3, 0.4) is 0 Å². The smallest absolute Gasteiger partial charge is 0.193 e. The minimum atomic E-state index is 0.664. The number of nitrogens with one attached hydrogen (secondary N) is 1. The lowest BCUT2D eigenvalue weighted by atomic mass is 9.97. The van der Waals surface area contributed by atoms with Gasteiger partial charge in [-0.3, -0.25) is 4.99 Å². The van der Waals surface area contributed by atoms with E-state index in [-0.39, 0.29) is 0 Å². The zero-order valence-electron chi connectivity index (χ0n) is 14.9. The van der Waals surface area contributed by atoms with Gasteiger partial charge in [0.25, 0.3) is 0 Å². The van der Waals surface area contributed by atoms with Crippen LogP contribution in [0.25, 0.3) is 0 Å². The molecule has 124 valence electrons. The summed E-state index contributed by atoms with van der Waals surface area (Å²) >= 11 is 0. The number of nitrogens with zero attached hydrogens (tertiary/aromatic N) is 3. The topological polar surface area (TPSA) is 30.9 Å². The molecule has 1 aliphatic heterocycles. The van der Waals surface area contributed by atoms with Crippen molar-refractivity contribution < 1.29 is 0 Å². The number of rotatable bonds is 7. The number of likely N-dealkylation sites (tertiary alicyclic amines) is 1. The number of guanidine groups is 1. The van der Waals surface area contributed by atoms with E-state index in [4.69, 9.17) is 4.99 Å². The Bertz CT molecular complexity index is 301. The summed E-state index contributed by atoms with van der Waals surface area (Å²) in [6.45, 7) is 14.4. The Kier molecular flexibility index (Phi) is 8.74. The Hall–Kier alpha value is -0.770. The van der Waals surface area contributed by atoms with Crippen LogP contribution in [0.2, 0.25) is 0 Å². The van der Waals surface area contributed by atoms with Crippen molar-refractivity contribution in [2.75, 3.05) is 39.8 Å². The van der Waals surface area contributed by atoms with E-state index in [2.05, 4.69) is 49.9 Å². The van der Waals surface area contributed by atoms with Gasteiger partial charge < -0.3 is 15.1 Å². The van der Waals surface area contributed by atoms with Gasteiger partial charge >= 0.3 is 0 Å². The Morgan fingerprint density at radius 2 is 2.14 bits per heavy atom. The van der Waals surface area contributed by atoms with E-state index in [1.54, 1.807) is 0 Å². The fourth-order valence-corrected chi connectivity index (χ4v) is 2.90. The summed E-state index contributed by atoms with van der Waals surface area (Å²) in [4.78, 5) is 9.76. The van der Waals surface area contributed by atoms with Gasteiger partial charge in [0.05, 0.1) is 0 Å². The summed E-state index contributed by atoms with van der Waals surface area (Å²) in [6.07, 6.45) is 5.10. The Balaban J connectivity index is 2.52. The van der Waals surface area contributed by atoms with E-state index in [1.807, 2.05) is 0 Å². The van der Waals surface area contributed by atoms with Gasteiger partial charge in [-0.15, -0.1) is 0 Å². The van der Waals surface area contributed by atoms with Gasteiger partial charge in [0.1, 0.15) is 0 Å². The number of hydrogen-bond donors (Lipinski definition) is 1. The van der Waals surface area contributed by atoms with Gasteiger partial charge in [0.2, 0.25) is 0 Å². The summed E-state index contributed by atoms with van der Waals surface area (Å²) in [7, 11) is 2.15. The normalized spacial score (nSPS) is 20.9. The second kappa shape index (κ2) is 10.0. The molecule has 1 aliphatic rings. The summed E-state index contributed by atoms with van der Waals surface area (Å²) < 4.78 is 0. The molecule has 1 atom stereocenters. The van der Waals surface area contributed by atoms with Crippen LogP contribution in [-0.2, 0) is 0 Å². The minimum absolute atomic E-state index is 0.664. The first-order valence-electron chi connectivity index (χ1n) is 8.81. The molecule has 1 unspecified atom stereocenters. The molecule has 0 spiro atoms. The molecule has 0 aromatic heterocycles. The van der Waals surface area contributed by atoms with E-state index in [0.29, 0.717) is 6.04 Å². The molecule has 21 heavy (non-hydrogen) atoms. The molecule has 0 bridgehead atoms. The van der Waals surface area contributed by atoms with Crippen LogP contribution in [0.5, 0.6) is 0 Å². The zero-order valence-corrected chi connectivity index (χ0v) is 14.9. The van der Waals surface area contributed by atoms with E-state index in [0.717, 1.165) is 31.5 Å². The van der Waals surface area contributed by atoms with Crippen molar-refractivity contribution in [3.8, 4) is 0 Å². The lowest BCUT2D eigenvalue weighted by molar-refractivity contribution is 0.143. The molecule has 0 amide bonds. The van der Waals surface area contributed by atoms with Crippen LogP contribution < -0.4 is 5.32 Å². The van der Waals surface area contributed by atoms with Crippen molar-refractivity contribution in [1.29, 1.82) is 0 Å². The highest BCUT2D eigenvalue weighted by molar-refractivity contribution is 5.79. The van der Waals surface area contributed by atoms with Crippen molar-refractivity contribution >= 4 is 5.96 Å². The number of aliphatic imine (C=N–C) groups is 1. The maximum Gasteiger partial charge on any atom is 0.193 e. The monoisotopic (exact) mass is 296 g/mol. The molecule has 1 rings (SSSR count). The molecule has 0 radical (unpaired) electrons. The molecular formula is C17H36N4. The lowest BCUT2D eigenvalue weighted by Crippen LogP contribution is -2.42. The molecule has 0 aromatic rings. The summed E-state index contributed by atoms with van der Waals surface area (Å²) in [5, 5.41) is 3.43. The molecule has 1 heterocycles. The Morgan fingerprint density at radius 1 is 1.38 bits per heavy atom. The van der Waals surface area contributed by atoms with Crippen LogP contribution in [0.1, 0.15) is 53.4 Å². The van der Waals surface area contributed by atoms with Gasteiger partial charge in [-0.1, -0.05) is 13.3 Å². The SMILES string of the molecule is CCCCN(C)C(=NCC1CCCN(C(C)C)C1)NCC. The summed E-state index contributed by atoms with van der Waals surface area (Å²) in [5.41, 5.74) is 0. The molecule has 4 nitrogen and oxygen atoms in total. The van der Waals surface area contributed by atoms with E-state index in [1.165, 1.54) is 38.8 Å². The molecule has 1 fully saturated rings. The standard InChI is InChI=1S/C17H36N4/c1-6-8-11-20(5)17(18-7-2)19-13-16-10-9-12-21(14-16)15(3)4/h15-16H,6-14H2,1-5H3,(H,18,19). The van der Waals surface area contributed by atoms with Crippen molar-refractivity contribution in [2.24, 2.45) is 10.9 Å². The van der Waals surface area contributed by atoms with Gasteiger partial charge in [0, 0.05) is 39.3 Å². The molecule has 0 aromatic carbocycles. The third kappa shape index (κ3) is 6.68. The Labute approximate surface area is 132 Å². The number of unbranched alkanes of at least 4 members (excludes halogenated alkanes) is 1. The van der Waals surface area contributed by atoms with Crippen LogP contribution in [0, 0.1) is 5.92 Å². The van der Waals surface area contributed by atoms with Gasteiger partial charge in [-0.25, -0.2) is 0 Å². The molecule has 0 saturated carbocycles. The Morgan fingerprint density at radius 3 is 2.76 bits per heavy atom. The minimum Gasteiger partial charge on any atom is -0.357 e. The van der Waals surface area contributed by atoms with Gasteiger partial charge in [-0.05, 0) is 52.5 Å². The molecular weight excluding hydrogens is 260 g/mol. The second-order valence-electron chi connectivity index (χ2n) is 6.57. The quantitative estimate of drug-likeness (QED) is 0.579. The van der Waals surface area contributed by atoms with Crippen molar-refractivity contribution in [1.82, 2.24) is 15.1 Å². The van der Waals surface area contributed by atoms with Crippen LogP contribution >= 0.6 is 0 Å². The number of hydrogen-bond acceptors (Lipinski definition) is 2. The fourth-order valence-electron chi connectivity index (χ4n) is 2.90. The predicted octanol–water partition coefficient (Wildman–Crippen LogP) is 2.80. The van der Waals surface area contributed by atoms with Crippen LogP contribution in [0.4, 0.5) is 0 Å². The van der Waals surface area contributed by atoms with Crippen molar-refractivity contribution in [2.45, 2.75) is 59.4 Å². The average Bonchev–Trinajstić information content (AvgIpc) is 2.49. The average molecular weight is 297 g/mol. The van der Waals surface area contributed by atoms with E-state index < -0.39 is 0 Å². The highest BCUT2D eigenvalue weighted by Crippen LogP contribution is 2.18. The predicted molar refractivity (Wildman–Crippen MR) is 92.9 cm³/mol. The fraction of sp³-hybridized carbons (Fsp3) is 0.941. The maximum absolute atomic E-state index is 4.89. The molecule has 4 heteroatoms. The lowest BCUT2D eigenvalue weighted by Gasteiger charge is -2.35. The van der Waals surface area contributed by atoms with E-state index in [9.17, 15) is 0 Å². The maximum atomic E-state index is 4.89. The highest BCUT2D eigenvalue weighted by Gasteiger charge is 2.21. The summed E-state index contributed by atoms with van der Waals surface area (Å²) in [5.74, 6) is 1.79. The van der Waals surface area contributed by atoms with Crippen molar-refractivity contribution in [3.05, 3.63) is 0 Å².